The minimum atomic E-state index is -0.893. The summed E-state index contributed by atoms with van der Waals surface area (Å²) in [5, 5.41) is 12.2. The molecule has 0 bridgehead atoms. The van der Waals surface area contributed by atoms with Crippen LogP contribution in [0.4, 0.5) is 4.79 Å². The smallest absolute Gasteiger partial charge is 0.317 e. The number of nitrogens with two attached hydrogens (primary N) is 1. The molecule has 0 aromatic carbocycles. The summed E-state index contributed by atoms with van der Waals surface area (Å²) in [7, 11) is 0. The van der Waals surface area contributed by atoms with Crippen LogP contribution in [0.5, 0.6) is 0 Å². The lowest BCUT2D eigenvalue weighted by molar-refractivity contribution is -0.149. The van der Waals surface area contributed by atoms with Gasteiger partial charge in [-0.25, -0.2) is 4.79 Å². The van der Waals surface area contributed by atoms with E-state index in [2.05, 4.69) is 5.32 Å². The molecular weight excluding hydrogens is 298 g/mol. The number of aliphatic carboxylic acids is 1. The number of nitrogens with one attached hydrogen (secondary N) is 1. The molecule has 0 unspecified atom stereocenters. The maximum absolute atomic E-state index is 12.2. The Morgan fingerprint density at radius 1 is 1.22 bits per heavy atom. The van der Waals surface area contributed by atoms with Crippen LogP contribution in [0.2, 0.25) is 0 Å². The quantitative estimate of drug-likeness (QED) is 0.628. The zero-order chi connectivity index (χ0) is 17.5. The molecule has 0 saturated carbocycles. The molecule has 1 aliphatic rings. The third-order valence-corrected chi connectivity index (χ3v) is 5.09. The molecule has 1 rings (SSSR count). The second-order valence-electron chi connectivity index (χ2n) is 6.39. The Bertz CT molecular complexity index is 427. The molecule has 0 spiro atoms. The third kappa shape index (κ3) is 5.41. The third-order valence-electron chi connectivity index (χ3n) is 5.09. The molecule has 0 atom stereocenters. The molecule has 0 radical (unpaired) electrons. The molecule has 1 saturated heterocycles. The second-order valence-corrected chi connectivity index (χ2v) is 6.39. The summed E-state index contributed by atoms with van der Waals surface area (Å²) in [5.74, 6) is -0.724. The van der Waals surface area contributed by atoms with E-state index in [9.17, 15) is 19.5 Å². The van der Waals surface area contributed by atoms with E-state index in [0.29, 0.717) is 38.3 Å². The lowest BCUT2D eigenvalue weighted by Crippen LogP contribution is -2.49. The van der Waals surface area contributed by atoms with Crippen LogP contribution < -0.4 is 11.1 Å². The number of likely N-dealkylation sites (tertiary alicyclic amines) is 1. The second kappa shape index (κ2) is 8.74. The lowest BCUT2D eigenvalue weighted by atomic mass is 9.82. The van der Waals surface area contributed by atoms with Gasteiger partial charge in [0.25, 0.3) is 0 Å². The summed E-state index contributed by atoms with van der Waals surface area (Å²) >= 11 is 0. The fourth-order valence-corrected chi connectivity index (χ4v) is 3.01. The summed E-state index contributed by atoms with van der Waals surface area (Å²) in [6.45, 7) is 5.07. The van der Waals surface area contributed by atoms with Gasteiger partial charge in [-0.1, -0.05) is 13.8 Å². The van der Waals surface area contributed by atoms with Crippen molar-refractivity contribution in [1.82, 2.24) is 10.2 Å². The van der Waals surface area contributed by atoms with E-state index in [-0.39, 0.29) is 18.5 Å². The SMILES string of the molecule is CCC(CC)(CNC(=O)N1CCC(CCC(N)=O)CC1)C(=O)O. The van der Waals surface area contributed by atoms with Gasteiger partial charge < -0.3 is 21.1 Å². The lowest BCUT2D eigenvalue weighted by Gasteiger charge is -2.33. The van der Waals surface area contributed by atoms with Gasteiger partial charge in [0.15, 0.2) is 0 Å². The Morgan fingerprint density at radius 2 is 1.78 bits per heavy atom. The summed E-state index contributed by atoms with van der Waals surface area (Å²) < 4.78 is 0. The van der Waals surface area contributed by atoms with Crippen LogP contribution in [-0.4, -0.2) is 47.5 Å². The van der Waals surface area contributed by atoms with Crippen molar-refractivity contribution < 1.29 is 19.5 Å². The number of carboxylic acid groups (broad SMARTS) is 1. The Kier molecular flexibility index (Phi) is 7.32. The highest BCUT2D eigenvalue weighted by atomic mass is 16.4. The first-order valence-electron chi connectivity index (χ1n) is 8.39. The van der Waals surface area contributed by atoms with Gasteiger partial charge in [-0.3, -0.25) is 9.59 Å². The standard InChI is InChI=1S/C16H29N3O4/c1-3-16(4-2,14(21)22)11-18-15(23)19-9-7-12(8-10-19)5-6-13(17)20/h12H,3-11H2,1-2H3,(H2,17,20)(H,18,23)(H,21,22). The highest BCUT2D eigenvalue weighted by Crippen LogP contribution is 2.26. The molecular formula is C16H29N3O4. The Hall–Kier alpha value is -1.79. The number of carboxylic acids is 1. The van der Waals surface area contributed by atoms with Crippen LogP contribution in [0.3, 0.4) is 0 Å². The van der Waals surface area contributed by atoms with Crippen LogP contribution in [-0.2, 0) is 9.59 Å². The summed E-state index contributed by atoms with van der Waals surface area (Å²) in [6, 6.07) is -0.203. The van der Waals surface area contributed by atoms with E-state index in [4.69, 9.17) is 5.73 Å². The minimum Gasteiger partial charge on any atom is -0.481 e. The Labute approximate surface area is 137 Å². The van der Waals surface area contributed by atoms with Crippen molar-refractivity contribution in [2.24, 2.45) is 17.1 Å². The summed E-state index contributed by atoms with van der Waals surface area (Å²) in [4.78, 5) is 36.2. The van der Waals surface area contributed by atoms with E-state index < -0.39 is 11.4 Å². The minimum absolute atomic E-state index is 0.149. The van der Waals surface area contributed by atoms with Crippen LogP contribution >= 0.6 is 0 Å². The largest absolute Gasteiger partial charge is 0.481 e. The molecule has 0 aromatic heterocycles. The van der Waals surface area contributed by atoms with Gasteiger partial charge in [-0.2, -0.15) is 0 Å². The van der Waals surface area contributed by atoms with Crippen LogP contribution in [0.1, 0.15) is 52.4 Å². The number of amides is 3. The maximum atomic E-state index is 12.2. The summed E-state index contributed by atoms with van der Waals surface area (Å²) in [5.41, 5.74) is 4.26. The molecule has 1 heterocycles. The number of carbonyl (C=O) groups excluding carboxylic acids is 2. The van der Waals surface area contributed by atoms with E-state index in [1.165, 1.54) is 0 Å². The molecule has 4 N–H and O–H groups in total. The monoisotopic (exact) mass is 327 g/mol. The molecule has 1 fully saturated rings. The zero-order valence-corrected chi connectivity index (χ0v) is 14.1. The first-order chi connectivity index (χ1) is 10.8. The number of carbonyl (C=O) groups is 3. The van der Waals surface area contributed by atoms with Crippen molar-refractivity contribution in [3.63, 3.8) is 0 Å². The molecule has 0 aromatic rings. The number of rotatable bonds is 8. The molecule has 7 nitrogen and oxygen atoms in total. The topological polar surface area (TPSA) is 113 Å². The predicted octanol–water partition coefficient (Wildman–Crippen LogP) is 1.56. The highest BCUT2D eigenvalue weighted by Gasteiger charge is 2.35. The number of hydrogen-bond donors (Lipinski definition) is 3. The van der Waals surface area contributed by atoms with Crippen LogP contribution in [0.15, 0.2) is 0 Å². The fourth-order valence-electron chi connectivity index (χ4n) is 3.01. The number of primary amides is 1. The van der Waals surface area contributed by atoms with Gasteiger partial charge in [-0.15, -0.1) is 0 Å². The first kappa shape index (κ1) is 19.3. The number of hydrogen-bond acceptors (Lipinski definition) is 3. The van der Waals surface area contributed by atoms with Crippen LogP contribution in [0, 0.1) is 11.3 Å². The molecule has 132 valence electrons. The van der Waals surface area contributed by atoms with Gasteiger partial charge in [0.2, 0.25) is 5.91 Å². The predicted molar refractivity (Wildman–Crippen MR) is 86.8 cm³/mol. The van der Waals surface area contributed by atoms with Crippen molar-refractivity contribution in [3.05, 3.63) is 0 Å². The van der Waals surface area contributed by atoms with E-state index >= 15 is 0 Å². The molecule has 3 amide bonds. The number of nitrogens with zero attached hydrogens (tertiary/aromatic N) is 1. The van der Waals surface area contributed by atoms with E-state index in [1.54, 1.807) is 4.90 Å². The summed E-state index contributed by atoms with van der Waals surface area (Å²) in [6.07, 6.45) is 3.84. The maximum Gasteiger partial charge on any atom is 0.317 e. The van der Waals surface area contributed by atoms with Gasteiger partial charge >= 0.3 is 12.0 Å². The van der Waals surface area contributed by atoms with Crippen molar-refractivity contribution in [3.8, 4) is 0 Å². The van der Waals surface area contributed by atoms with E-state index in [1.807, 2.05) is 13.8 Å². The molecule has 7 heteroatoms. The first-order valence-corrected chi connectivity index (χ1v) is 8.39. The Morgan fingerprint density at radius 3 is 2.22 bits per heavy atom. The Balaban J connectivity index is 2.42. The van der Waals surface area contributed by atoms with Gasteiger partial charge in [0.1, 0.15) is 0 Å². The number of urea groups is 1. The van der Waals surface area contributed by atoms with Gasteiger partial charge in [-0.05, 0) is 38.0 Å². The fraction of sp³-hybridized carbons (Fsp3) is 0.812. The normalized spacial score (nSPS) is 16.2. The van der Waals surface area contributed by atoms with Crippen molar-refractivity contribution in [2.75, 3.05) is 19.6 Å². The number of piperidine rings is 1. The van der Waals surface area contributed by atoms with Crippen molar-refractivity contribution >= 4 is 17.9 Å². The zero-order valence-electron chi connectivity index (χ0n) is 14.1. The highest BCUT2D eigenvalue weighted by molar-refractivity contribution is 5.78. The average molecular weight is 327 g/mol. The van der Waals surface area contributed by atoms with Crippen LogP contribution in [0.25, 0.3) is 0 Å². The van der Waals surface area contributed by atoms with Crippen molar-refractivity contribution in [2.45, 2.75) is 52.4 Å². The van der Waals surface area contributed by atoms with Gasteiger partial charge in [0, 0.05) is 26.1 Å². The molecule has 0 aliphatic carbocycles. The molecule has 1 aliphatic heterocycles. The average Bonchev–Trinajstić information content (AvgIpc) is 2.54. The van der Waals surface area contributed by atoms with E-state index in [0.717, 1.165) is 19.3 Å². The van der Waals surface area contributed by atoms with Crippen molar-refractivity contribution in [1.29, 1.82) is 0 Å². The van der Waals surface area contributed by atoms with Gasteiger partial charge in [0.05, 0.1) is 5.41 Å². The molecule has 23 heavy (non-hydrogen) atoms.